The van der Waals surface area contributed by atoms with Gasteiger partial charge < -0.3 is 5.73 Å². The second-order valence-corrected chi connectivity index (χ2v) is 1.69. The van der Waals surface area contributed by atoms with E-state index in [9.17, 15) is 0 Å². The van der Waals surface area contributed by atoms with Gasteiger partial charge in [-0.2, -0.15) is 0 Å². The van der Waals surface area contributed by atoms with Crippen molar-refractivity contribution in [2.75, 3.05) is 0 Å². The standard InChI is InChI=1S/C7H9N.CH2.V/c8-6-7-4-2-1-3-5-7;;/h1-5H,6,8H2;1H2;. The number of benzene rings is 1. The van der Waals surface area contributed by atoms with Gasteiger partial charge in [0, 0.05) is 6.54 Å². The van der Waals surface area contributed by atoms with Crippen LogP contribution in [0.4, 0.5) is 0 Å². The molecule has 0 atom stereocenters. The maximum absolute atomic E-state index is 5.35. The Kier molecular flexibility index (Phi) is 6.50. The fourth-order valence-electron chi connectivity index (χ4n) is 0.614. The van der Waals surface area contributed by atoms with Crippen LogP contribution < -0.4 is 5.73 Å². The average molecular weight is 172 g/mol. The van der Waals surface area contributed by atoms with E-state index >= 15 is 0 Å². The van der Waals surface area contributed by atoms with Crippen LogP contribution in [0.5, 0.6) is 0 Å². The Labute approximate surface area is 70.7 Å². The topological polar surface area (TPSA) is 26.0 Å². The minimum absolute atomic E-state index is 0.640. The van der Waals surface area contributed by atoms with Crippen molar-refractivity contribution in [1.29, 1.82) is 0 Å². The van der Waals surface area contributed by atoms with Crippen LogP contribution in [0.2, 0.25) is 0 Å². The summed E-state index contributed by atoms with van der Waals surface area (Å²) in [5.41, 5.74) is 6.54. The molecular formula is C8H11NV. The van der Waals surface area contributed by atoms with Gasteiger partial charge in [-0.25, -0.2) is 0 Å². The van der Waals surface area contributed by atoms with Crippen LogP contribution in [0.15, 0.2) is 30.3 Å². The Balaban J connectivity index is 0.000000371. The molecule has 1 rings (SSSR count). The molecule has 0 spiro atoms. The van der Waals surface area contributed by atoms with Crippen molar-refractivity contribution in [3.8, 4) is 0 Å². The molecule has 0 aliphatic carbocycles. The zero-order valence-electron chi connectivity index (χ0n) is 5.83. The van der Waals surface area contributed by atoms with Gasteiger partial charge in [0.15, 0.2) is 0 Å². The monoisotopic (exact) mass is 172 g/mol. The van der Waals surface area contributed by atoms with Gasteiger partial charge in [-0.3, -0.25) is 0 Å². The molecule has 0 radical (unpaired) electrons. The van der Waals surface area contributed by atoms with Crippen LogP contribution in [0.3, 0.4) is 0 Å². The first-order chi connectivity index (χ1) is 4.93. The van der Waals surface area contributed by atoms with E-state index in [0.717, 1.165) is 0 Å². The summed E-state index contributed by atoms with van der Waals surface area (Å²) < 4.78 is 0. The summed E-state index contributed by atoms with van der Waals surface area (Å²) in [5.74, 6) is 0. The van der Waals surface area contributed by atoms with E-state index in [-0.39, 0.29) is 0 Å². The van der Waals surface area contributed by atoms with E-state index in [1.165, 1.54) is 5.56 Å². The molecule has 1 aromatic rings. The van der Waals surface area contributed by atoms with Crippen LogP contribution >= 0.6 is 0 Å². The summed E-state index contributed by atoms with van der Waals surface area (Å²) in [6, 6.07) is 9.99. The Morgan fingerprint density at radius 3 is 2.00 bits per heavy atom. The zero-order chi connectivity index (χ0) is 7.82. The Hall–Kier alpha value is -0.366. The minimum atomic E-state index is 0.640. The predicted octanol–water partition coefficient (Wildman–Crippen LogP) is 1.11. The molecule has 0 amide bonds. The Morgan fingerprint density at radius 2 is 1.70 bits per heavy atom. The van der Waals surface area contributed by atoms with Crippen LogP contribution in [-0.2, 0) is 23.5 Å². The molecule has 0 fully saturated rings. The quantitative estimate of drug-likeness (QED) is 0.674. The fourth-order valence-corrected chi connectivity index (χ4v) is 0.614. The van der Waals surface area contributed by atoms with Crippen molar-refractivity contribution in [2.45, 2.75) is 6.54 Å². The van der Waals surface area contributed by atoms with Gasteiger partial charge in [0.1, 0.15) is 0 Å². The molecule has 0 unspecified atom stereocenters. The molecule has 0 saturated heterocycles. The Morgan fingerprint density at radius 1 is 1.20 bits per heavy atom. The molecule has 0 heterocycles. The molecule has 0 aliphatic rings. The summed E-state index contributed by atoms with van der Waals surface area (Å²) in [6.45, 7) is 0.640. The molecule has 0 saturated carbocycles. The average Bonchev–Trinajstić information content (AvgIpc) is 2.10. The summed E-state index contributed by atoms with van der Waals surface area (Å²) >= 11 is 2.06. The van der Waals surface area contributed by atoms with Crippen molar-refractivity contribution in [2.24, 2.45) is 5.73 Å². The van der Waals surface area contributed by atoms with E-state index in [2.05, 4.69) is 22.2 Å². The molecule has 0 bridgehead atoms. The molecule has 0 aliphatic heterocycles. The van der Waals surface area contributed by atoms with Crippen LogP contribution in [-0.4, -0.2) is 5.23 Å². The SMILES string of the molecule is NCc1ccccc1.[CH2]=[V]. The van der Waals surface area contributed by atoms with Gasteiger partial charge in [0.05, 0.1) is 0 Å². The van der Waals surface area contributed by atoms with Crippen molar-refractivity contribution in [3.63, 3.8) is 0 Å². The van der Waals surface area contributed by atoms with Crippen molar-refractivity contribution in [3.05, 3.63) is 35.9 Å². The van der Waals surface area contributed by atoms with E-state index in [4.69, 9.17) is 5.73 Å². The van der Waals surface area contributed by atoms with Gasteiger partial charge in [0.2, 0.25) is 0 Å². The first-order valence-electron chi connectivity index (χ1n) is 2.99. The molecule has 2 N–H and O–H groups in total. The van der Waals surface area contributed by atoms with E-state index in [1.807, 2.05) is 30.3 Å². The second-order valence-electron chi connectivity index (χ2n) is 1.69. The van der Waals surface area contributed by atoms with Crippen molar-refractivity contribution in [1.82, 2.24) is 0 Å². The summed E-state index contributed by atoms with van der Waals surface area (Å²) in [7, 11) is 0. The van der Waals surface area contributed by atoms with Crippen molar-refractivity contribution >= 4 is 5.23 Å². The molecular weight excluding hydrogens is 161 g/mol. The van der Waals surface area contributed by atoms with Gasteiger partial charge in [-0.1, -0.05) is 30.3 Å². The number of nitrogens with two attached hydrogens (primary N) is 1. The number of rotatable bonds is 1. The van der Waals surface area contributed by atoms with E-state index < -0.39 is 0 Å². The number of hydrogen-bond acceptors (Lipinski definition) is 1. The van der Waals surface area contributed by atoms with Gasteiger partial charge in [-0.15, -0.1) is 0 Å². The Bertz CT molecular complexity index is 162. The first-order valence-corrected chi connectivity index (χ1v) is 3.98. The third kappa shape index (κ3) is 3.62. The molecule has 53 valence electrons. The van der Waals surface area contributed by atoms with Gasteiger partial charge in [0.25, 0.3) is 0 Å². The second kappa shape index (κ2) is 6.75. The molecule has 10 heavy (non-hydrogen) atoms. The van der Waals surface area contributed by atoms with Crippen LogP contribution in [0.25, 0.3) is 0 Å². The molecule has 1 aromatic carbocycles. The summed E-state index contributed by atoms with van der Waals surface area (Å²) in [5, 5.41) is 3.19. The van der Waals surface area contributed by atoms with Gasteiger partial charge >= 0.3 is 22.2 Å². The third-order valence-corrected chi connectivity index (χ3v) is 1.08. The first kappa shape index (κ1) is 9.63. The zero-order valence-corrected chi connectivity index (χ0v) is 7.22. The maximum atomic E-state index is 5.35. The number of hydrogen-bond donors (Lipinski definition) is 1. The normalized spacial score (nSPS) is 7.60. The third-order valence-electron chi connectivity index (χ3n) is 1.08. The van der Waals surface area contributed by atoms with Crippen LogP contribution in [0.1, 0.15) is 5.56 Å². The summed E-state index contributed by atoms with van der Waals surface area (Å²) in [6.07, 6.45) is 0. The van der Waals surface area contributed by atoms with E-state index in [1.54, 1.807) is 0 Å². The molecule has 2 heteroatoms. The summed E-state index contributed by atoms with van der Waals surface area (Å²) in [4.78, 5) is 0. The molecule has 0 aromatic heterocycles. The fraction of sp³-hybridized carbons (Fsp3) is 0.125. The predicted molar refractivity (Wildman–Crippen MR) is 41.5 cm³/mol. The van der Waals surface area contributed by atoms with Crippen LogP contribution in [0, 0.1) is 0 Å². The molecule has 1 nitrogen and oxygen atoms in total. The van der Waals surface area contributed by atoms with E-state index in [0.29, 0.717) is 6.54 Å². The van der Waals surface area contributed by atoms with Gasteiger partial charge in [-0.05, 0) is 5.56 Å². The van der Waals surface area contributed by atoms with Crippen molar-refractivity contribution < 1.29 is 17.0 Å².